The maximum atomic E-state index is 11.1. The quantitative estimate of drug-likeness (QED) is 0.662. The molecule has 68 valence electrons. The van der Waals surface area contributed by atoms with Crippen LogP contribution in [0.4, 0.5) is 0 Å². The Morgan fingerprint density at radius 1 is 0.571 bits per heavy atom. The zero-order valence-electron chi connectivity index (χ0n) is 7.68. The van der Waals surface area contributed by atoms with E-state index in [2.05, 4.69) is 0 Å². The highest BCUT2D eigenvalue weighted by Gasteiger charge is 1.92. The van der Waals surface area contributed by atoms with Crippen LogP contribution >= 0.6 is 0 Å². The second-order valence-corrected chi connectivity index (χ2v) is 3.08. The van der Waals surface area contributed by atoms with Crippen LogP contribution in [0.2, 0.25) is 0 Å². The van der Waals surface area contributed by atoms with Gasteiger partial charge in [-0.2, -0.15) is 0 Å². The fourth-order valence-electron chi connectivity index (χ4n) is 1.35. The molecule has 0 aliphatic carbocycles. The lowest BCUT2D eigenvalue weighted by Gasteiger charge is -1.96. The second kappa shape index (κ2) is 3.88. The Kier molecular flexibility index (Phi) is 2.41. The molecule has 0 spiro atoms. The molecule has 1 nitrogen and oxygen atoms in total. The summed E-state index contributed by atoms with van der Waals surface area (Å²) < 4.78 is 0. The summed E-state index contributed by atoms with van der Waals surface area (Å²) in [5.41, 5.74) is 2.22. The normalized spacial score (nSPS) is 9.71. The molecule has 1 heteroatoms. The number of benzene rings is 1. The van der Waals surface area contributed by atoms with Crippen LogP contribution in [0, 0.1) is 0 Å². The summed E-state index contributed by atoms with van der Waals surface area (Å²) in [5.74, 6) is 0. The van der Waals surface area contributed by atoms with Crippen LogP contribution in [-0.4, -0.2) is 0 Å². The van der Waals surface area contributed by atoms with E-state index in [4.69, 9.17) is 0 Å². The number of hydrogen-bond acceptors (Lipinski definition) is 1. The summed E-state index contributed by atoms with van der Waals surface area (Å²) in [6.07, 6.45) is 0. The molecule has 0 atom stereocenters. The number of hydrogen-bond donors (Lipinski definition) is 0. The molecule has 14 heavy (non-hydrogen) atoms. The van der Waals surface area contributed by atoms with E-state index in [1.165, 1.54) is 0 Å². The summed E-state index contributed by atoms with van der Waals surface area (Å²) in [6, 6.07) is 18.7. The van der Waals surface area contributed by atoms with Crippen molar-refractivity contribution in [2.75, 3.05) is 0 Å². The minimum absolute atomic E-state index is 0.0344. The van der Waals surface area contributed by atoms with Gasteiger partial charge in [0.05, 0.1) is 0 Å². The van der Waals surface area contributed by atoms with Crippen LogP contribution in [0.15, 0.2) is 65.5 Å². The maximum Gasteiger partial charge on any atom is 0.178 e. The zero-order chi connectivity index (χ0) is 9.80. The smallest absolute Gasteiger partial charge is 0.178 e. The standard InChI is InChI=1S/C13H10O/c14-13-8-4-7-12(9-10-13)11-5-2-1-3-6-11/h1-10H. The molecule has 2 aromatic rings. The van der Waals surface area contributed by atoms with Gasteiger partial charge >= 0.3 is 0 Å². The molecule has 0 aliphatic heterocycles. The third-order valence-corrected chi connectivity index (χ3v) is 2.07. The molecule has 0 saturated carbocycles. The van der Waals surface area contributed by atoms with Gasteiger partial charge in [0.1, 0.15) is 0 Å². The van der Waals surface area contributed by atoms with Gasteiger partial charge in [0.25, 0.3) is 0 Å². The van der Waals surface area contributed by atoms with Crippen molar-refractivity contribution in [3.05, 3.63) is 70.9 Å². The summed E-state index contributed by atoms with van der Waals surface area (Å²) in [6.45, 7) is 0. The minimum atomic E-state index is 0.0344. The predicted molar refractivity (Wildman–Crippen MR) is 58.1 cm³/mol. The highest BCUT2D eigenvalue weighted by molar-refractivity contribution is 5.62. The summed E-state index contributed by atoms with van der Waals surface area (Å²) in [4.78, 5) is 11.1. The van der Waals surface area contributed by atoms with E-state index < -0.39 is 0 Å². The molecular formula is C13H10O. The van der Waals surface area contributed by atoms with Crippen LogP contribution in [0.25, 0.3) is 11.1 Å². The Labute approximate surface area is 82.7 Å². The van der Waals surface area contributed by atoms with Gasteiger partial charge in [-0.15, -0.1) is 0 Å². The Morgan fingerprint density at radius 2 is 1.21 bits per heavy atom. The maximum absolute atomic E-state index is 11.1. The first-order chi connectivity index (χ1) is 6.86. The zero-order valence-corrected chi connectivity index (χ0v) is 7.68. The van der Waals surface area contributed by atoms with Gasteiger partial charge in [-0.25, -0.2) is 0 Å². The van der Waals surface area contributed by atoms with Crippen LogP contribution in [-0.2, 0) is 0 Å². The molecule has 0 amide bonds. The van der Waals surface area contributed by atoms with Gasteiger partial charge in [-0.05, 0) is 23.3 Å². The lowest BCUT2D eigenvalue weighted by atomic mass is 10.1. The van der Waals surface area contributed by atoms with E-state index in [0.717, 1.165) is 11.1 Å². The molecule has 0 bridgehead atoms. The third-order valence-electron chi connectivity index (χ3n) is 2.07. The fraction of sp³-hybridized carbons (Fsp3) is 0. The van der Waals surface area contributed by atoms with Gasteiger partial charge in [0.2, 0.25) is 0 Å². The predicted octanol–water partition coefficient (Wildman–Crippen LogP) is 2.71. The molecule has 0 N–H and O–H groups in total. The summed E-state index contributed by atoms with van der Waals surface area (Å²) in [7, 11) is 0. The first-order valence-corrected chi connectivity index (χ1v) is 4.52. The van der Waals surface area contributed by atoms with Crippen molar-refractivity contribution in [3.63, 3.8) is 0 Å². The topological polar surface area (TPSA) is 17.1 Å². The van der Waals surface area contributed by atoms with E-state index in [0.29, 0.717) is 0 Å². The van der Waals surface area contributed by atoms with Crippen LogP contribution < -0.4 is 5.43 Å². The summed E-state index contributed by atoms with van der Waals surface area (Å²) >= 11 is 0. The van der Waals surface area contributed by atoms with Gasteiger partial charge in [0.15, 0.2) is 5.43 Å². The molecule has 0 unspecified atom stereocenters. The van der Waals surface area contributed by atoms with Crippen molar-refractivity contribution >= 4 is 0 Å². The monoisotopic (exact) mass is 182 g/mol. The first kappa shape index (κ1) is 8.70. The Bertz CT molecular complexity index is 474. The van der Waals surface area contributed by atoms with Crippen LogP contribution in [0.5, 0.6) is 0 Å². The van der Waals surface area contributed by atoms with Gasteiger partial charge in [0, 0.05) is 0 Å². The SMILES string of the molecule is O=c1cccc(-c2ccccc2)cc1. The molecule has 2 rings (SSSR count). The van der Waals surface area contributed by atoms with E-state index in [1.54, 1.807) is 18.2 Å². The van der Waals surface area contributed by atoms with Crippen LogP contribution in [0.3, 0.4) is 0 Å². The molecule has 2 aromatic carbocycles. The minimum Gasteiger partial charge on any atom is -0.290 e. The van der Waals surface area contributed by atoms with Crippen molar-refractivity contribution in [1.82, 2.24) is 0 Å². The molecule has 0 fully saturated rings. The highest BCUT2D eigenvalue weighted by Crippen LogP contribution is 2.15. The Balaban J connectivity index is 2.54. The summed E-state index contributed by atoms with van der Waals surface area (Å²) in [5, 5.41) is 0. The lowest BCUT2D eigenvalue weighted by molar-refractivity contribution is 1.65. The van der Waals surface area contributed by atoms with E-state index in [9.17, 15) is 4.79 Å². The van der Waals surface area contributed by atoms with Crippen molar-refractivity contribution < 1.29 is 0 Å². The average Bonchev–Trinajstić information content (AvgIpc) is 2.44. The van der Waals surface area contributed by atoms with E-state index in [-0.39, 0.29) is 5.43 Å². The largest absolute Gasteiger partial charge is 0.290 e. The lowest BCUT2D eigenvalue weighted by Crippen LogP contribution is -1.87. The fourth-order valence-corrected chi connectivity index (χ4v) is 1.35. The van der Waals surface area contributed by atoms with Crippen LogP contribution in [0.1, 0.15) is 0 Å². The second-order valence-electron chi connectivity index (χ2n) is 3.08. The Morgan fingerprint density at radius 3 is 2.00 bits per heavy atom. The molecule has 0 saturated heterocycles. The highest BCUT2D eigenvalue weighted by atomic mass is 16.1. The van der Waals surface area contributed by atoms with E-state index in [1.807, 2.05) is 42.5 Å². The average molecular weight is 182 g/mol. The van der Waals surface area contributed by atoms with Crippen molar-refractivity contribution in [2.24, 2.45) is 0 Å². The molecule has 0 radical (unpaired) electrons. The van der Waals surface area contributed by atoms with E-state index >= 15 is 0 Å². The van der Waals surface area contributed by atoms with Crippen molar-refractivity contribution in [2.45, 2.75) is 0 Å². The van der Waals surface area contributed by atoms with Gasteiger partial charge in [-0.1, -0.05) is 48.5 Å². The molecule has 0 aliphatic rings. The number of rotatable bonds is 1. The Hall–Kier alpha value is -1.89. The molecular weight excluding hydrogens is 172 g/mol. The van der Waals surface area contributed by atoms with Crippen molar-refractivity contribution in [1.29, 1.82) is 0 Å². The van der Waals surface area contributed by atoms with Crippen molar-refractivity contribution in [3.8, 4) is 11.1 Å². The van der Waals surface area contributed by atoms with Gasteiger partial charge < -0.3 is 0 Å². The molecule has 0 aromatic heterocycles. The van der Waals surface area contributed by atoms with Gasteiger partial charge in [-0.3, -0.25) is 4.79 Å². The first-order valence-electron chi connectivity index (χ1n) is 4.52. The third kappa shape index (κ3) is 1.88. The molecule has 0 heterocycles.